The second kappa shape index (κ2) is 8.32. The zero-order valence-electron chi connectivity index (χ0n) is 13.7. The molecular weight excluding hydrogens is 395 g/mol. The fourth-order valence-corrected chi connectivity index (χ4v) is 4.10. The number of rotatable bonds is 4. The molecule has 1 fully saturated rings. The Bertz CT molecular complexity index is 856. The van der Waals surface area contributed by atoms with Crippen molar-refractivity contribution in [3.8, 4) is 21.7 Å². The highest BCUT2D eigenvalue weighted by molar-refractivity contribution is 7.18. The van der Waals surface area contributed by atoms with Crippen LogP contribution >= 0.6 is 35.3 Å². The van der Waals surface area contributed by atoms with Gasteiger partial charge < -0.3 is 15.3 Å². The molecule has 1 aliphatic rings. The van der Waals surface area contributed by atoms with E-state index >= 15 is 0 Å². The third-order valence-electron chi connectivity index (χ3n) is 4.19. The van der Waals surface area contributed by atoms with E-state index in [1.165, 1.54) is 11.3 Å². The van der Waals surface area contributed by atoms with Crippen LogP contribution in [0.3, 0.4) is 0 Å². The van der Waals surface area contributed by atoms with Gasteiger partial charge in [-0.25, -0.2) is 0 Å². The van der Waals surface area contributed by atoms with E-state index in [0.717, 1.165) is 46.5 Å². The summed E-state index contributed by atoms with van der Waals surface area (Å²) in [7, 11) is 0. The molecule has 7 nitrogen and oxygen atoms in total. The molecule has 2 aromatic heterocycles. The monoisotopic (exact) mass is 412 g/mol. The van der Waals surface area contributed by atoms with Crippen molar-refractivity contribution in [1.82, 2.24) is 25.7 Å². The Morgan fingerprint density at radius 3 is 2.92 bits per heavy atom. The van der Waals surface area contributed by atoms with Crippen LogP contribution in [-0.2, 0) is 0 Å². The van der Waals surface area contributed by atoms with E-state index in [-0.39, 0.29) is 25.1 Å². The van der Waals surface area contributed by atoms with Crippen LogP contribution in [0.25, 0.3) is 21.7 Å². The number of aromatic amines is 1. The first kappa shape index (κ1) is 19.1. The van der Waals surface area contributed by atoms with Crippen molar-refractivity contribution in [2.24, 2.45) is 0 Å². The maximum atomic E-state index is 9.33. The molecule has 3 heterocycles. The topological polar surface area (TPSA) is 90.0 Å². The molecule has 0 aliphatic carbocycles. The molecule has 1 atom stereocenters. The predicted octanol–water partition coefficient (Wildman–Crippen LogP) is 2.44. The number of H-pyrrole nitrogens is 1. The minimum absolute atomic E-state index is 0. The van der Waals surface area contributed by atoms with Crippen molar-refractivity contribution in [1.29, 1.82) is 0 Å². The number of nitrogens with one attached hydrogen (secondary N) is 2. The molecular formula is C16H18Cl2N6OS. The van der Waals surface area contributed by atoms with Gasteiger partial charge in [0, 0.05) is 43.0 Å². The van der Waals surface area contributed by atoms with Gasteiger partial charge in [0.2, 0.25) is 5.13 Å². The van der Waals surface area contributed by atoms with Gasteiger partial charge in [0.15, 0.2) is 5.01 Å². The SMILES string of the molecule is Cl.OC[C@H]1CN(c2nnc(-c3ccc(-c4cn[nH]c4)cc3Cl)s2)CCN1. The Labute approximate surface area is 165 Å². The summed E-state index contributed by atoms with van der Waals surface area (Å²) >= 11 is 7.99. The number of hydrogen-bond donors (Lipinski definition) is 3. The van der Waals surface area contributed by atoms with Gasteiger partial charge in [-0.05, 0) is 17.7 Å². The molecule has 1 aromatic carbocycles. The maximum absolute atomic E-state index is 9.33. The standard InChI is InChI=1S/C16H17ClN6OS.ClH/c17-14-5-10(11-6-19-20-7-11)1-2-13(14)15-21-22-16(25-15)23-4-3-18-12(8-23)9-24;/h1-2,5-7,12,18,24H,3-4,8-9H2,(H,19,20);1H/t12-;/m1./s1. The highest BCUT2D eigenvalue weighted by Gasteiger charge is 2.22. The third-order valence-corrected chi connectivity index (χ3v) is 5.52. The van der Waals surface area contributed by atoms with Crippen LogP contribution in [0.15, 0.2) is 30.6 Å². The molecule has 0 radical (unpaired) electrons. The Hall–Kier alpha value is -1.71. The second-order valence-electron chi connectivity index (χ2n) is 5.85. The number of aliphatic hydroxyl groups is 1. The molecule has 0 spiro atoms. The van der Waals surface area contributed by atoms with Gasteiger partial charge in [-0.3, -0.25) is 5.10 Å². The summed E-state index contributed by atoms with van der Waals surface area (Å²) in [5, 5.41) is 30.3. The van der Waals surface area contributed by atoms with Crippen LogP contribution in [-0.4, -0.2) is 57.8 Å². The van der Waals surface area contributed by atoms with Gasteiger partial charge >= 0.3 is 0 Å². The highest BCUT2D eigenvalue weighted by Crippen LogP contribution is 2.35. The third kappa shape index (κ3) is 3.84. The quantitative estimate of drug-likeness (QED) is 0.609. The molecule has 1 aliphatic heterocycles. The van der Waals surface area contributed by atoms with Crippen LogP contribution < -0.4 is 10.2 Å². The van der Waals surface area contributed by atoms with Gasteiger partial charge in [-0.1, -0.05) is 29.0 Å². The Balaban J connectivity index is 0.00000196. The Morgan fingerprint density at radius 1 is 1.31 bits per heavy atom. The lowest BCUT2D eigenvalue weighted by Crippen LogP contribution is -2.52. The van der Waals surface area contributed by atoms with Crippen LogP contribution in [0.2, 0.25) is 5.02 Å². The van der Waals surface area contributed by atoms with Gasteiger partial charge in [0.05, 0.1) is 17.8 Å². The second-order valence-corrected chi connectivity index (χ2v) is 7.21. The van der Waals surface area contributed by atoms with Crippen molar-refractivity contribution >= 4 is 40.5 Å². The molecule has 10 heteroatoms. The first-order valence-corrected chi connectivity index (χ1v) is 9.16. The predicted molar refractivity (Wildman–Crippen MR) is 106 cm³/mol. The van der Waals surface area contributed by atoms with Crippen LogP contribution in [0.5, 0.6) is 0 Å². The highest BCUT2D eigenvalue weighted by atomic mass is 35.5. The normalized spacial score (nSPS) is 17.2. The van der Waals surface area contributed by atoms with Gasteiger partial charge in [0.1, 0.15) is 0 Å². The van der Waals surface area contributed by atoms with E-state index in [1.54, 1.807) is 6.20 Å². The summed E-state index contributed by atoms with van der Waals surface area (Å²) in [4.78, 5) is 2.15. The first-order valence-electron chi connectivity index (χ1n) is 7.96. The van der Waals surface area contributed by atoms with Crippen molar-refractivity contribution in [2.75, 3.05) is 31.1 Å². The number of piperazine rings is 1. The fraction of sp³-hybridized carbons (Fsp3) is 0.312. The number of anilines is 1. The summed E-state index contributed by atoms with van der Waals surface area (Å²) in [6.07, 6.45) is 3.59. The summed E-state index contributed by atoms with van der Waals surface area (Å²) in [5.41, 5.74) is 2.86. The van der Waals surface area contributed by atoms with Crippen molar-refractivity contribution in [2.45, 2.75) is 6.04 Å². The number of halogens is 2. The van der Waals surface area contributed by atoms with E-state index < -0.39 is 0 Å². The first-order chi connectivity index (χ1) is 12.2. The number of aliphatic hydroxyl groups excluding tert-OH is 1. The molecule has 26 heavy (non-hydrogen) atoms. The van der Waals surface area contributed by atoms with Crippen LogP contribution in [0.4, 0.5) is 5.13 Å². The van der Waals surface area contributed by atoms with E-state index in [1.807, 2.05) is 24.4 Å². The molecule has 4 rings (SSSR count). The zero-order chi connectivity index (χ0) is 17.2. The number of hydrogen-bond acceptors (Lipinski definition) is 7. The summed E-state index contributed by atoms with van der Waals surface area (Å²) in [6.45, 7) is 2.50. The molecule has 138 valence electrons. The molecule has 0 saturated carbocycles. The summed E-state index contributed by atoms with van der Waals surface area (Å²) < 4.78 is 0. The number of nitrogens with zero attached hydrogens (tertiary/aromatic N) is 4. The summed E-state index contributed by atoms with van der Waals surface area (Å²) in [5.74, 6) is 0. The van der Waals surface area contributed by atoms with Crippen molar-refractivity contribution < 1.29 is 5.11 Å². The van der Waals surface area contributed by atoms with E-state index in [0.29, 0.717) is 5.02 Å². The van der Waals surface area contributed by atoms with Crippen LogP contribution in [0.1, 0.15) is 0 Å². The molecule has 3 N–H and O–H groups in total. The maximum Gasteiger partial charge on any atom is 0.208 e. The van der Waals surface area contributed by atoms with Gasteiger partial charge in [0.25, 0.3) is 0 Å². The lowest BCUT2D eigenvalue weighted by molar-refractivity contribution is 0.235. The van der Waals surface area contributed by atoms with Crippen molar-refractivity contribution in [3.05, 3.63) is 35.6 Å². The van der Waals surface area contributed by atoms with Gasteiger partial charge in [-0.15, -0.1) is 22.6 Å². The minimum atomic E-state index is 0. The van der Waals surface area contributed by atoms with Crippen LogP contribution in [0, 0.1) is 0 Å². The largest absolute Gasteiger partial charge is 0.395 e. The Kier molecular flexibility index (Phi) is 6.10. The zero-order valence-corrected chi connectivity index (χ0v) is 16.1. The van der Waals surface area contributed by atoms with E-state index in [9.17, 15) is 5.11 Å². The number of aromatic nitrogens is 4. The van der Waals surface area contributed by atoms with E-state index in [2.05, 4.69) is 30.6 Å². The van der Waals surface area contributed by atoms with Crippen molar-refractivity contribution in [3.63, 3.8) is 0 Å². The average molecular weight is 413 g/mol. The molecule has 0 amide bonds. The molecule has 0 bridgehead atoms. The Morgan fingerprint density at radius 2 is 2.19 bits per heavy atom. The summed E-state index contributed by atoms with van der Waals surface area (Å²) in [6, 6.07) is 5.94. The lowest BCUT2D eigenvalue weighted by Gasteiger charge is -2.32. The minimum Gasteiger partial charge on any atom is -0.395 e. The smallest absolute Gasteiger partial charge is 0.208 e. The lowest BCUT2D eigenvalue weighted by atomic mass is 10.1. The molecule has 3 aromatic rings. The molecule has 1 saturated heterocycles. The van der Waals surface area contributed by atoms with E-state index in [4.69, 9.17) is 11.6 Å². The molecule has 0 unspecified atom stereocenters. The average Bonchev–Trinajstić information content (AvgIpc) is 3.34. The van der Waals surface area contributed by atoms with Gasteiger partial charge in [-0.2, -0.15) is 5.10 Å². The fourth-order valence-electron chi connectivity index (χ4n) is 2.85. The number of benzene rings is 1.